The van der Waals surface area contributed by atoms with Crippen LogP contribution in [-0.2, 0) is 17.6 Å². The van der Waals surface area contributed by atoms with Crippen molar-refractivity contribution in [3.05, 3.63) is 59.2 Å². The fourth-order valence-corrected chi connectivity index (χ4v) is 2.42. The fourth-order valence-electron chi connectivity index (χ4n) is 2.42. The van der Waals surface area contributed by atoms with Crippen LogP contribution in [0.5, 0.6) is 11.5 Å². The molecule has 3 rings (SSSR count). The zero-order chi connectivity index (χ0) is 14.7. The van der Waals surface area contributed by atoms with Crippen LogP contribution in [0.2, 0.25) is 0 Å². The average molecular weight is 284 g/mol. The molecule has 0 fully saturated rings. The maximum atomic E-state index is 11.7. The quantitative estimate of drug-likeness (QED) is 0.810. The second-order valence-corrected chi connectivity index (χ2v) is 4.84. The first-order valence-corrected chi connectivity index (χ1v) is 6.82. The van der Waals surface area contributed by atoms with Crippen LogP contribution in [0.1, 0.15) is 21.5 Å². The number of methoxy groups -OCH3 is 1. The summed E-state index contributed by atoms with van der Waals surface area (Å²) in [4.78, 5) is 11.7. The molecule has 0 atom stereocenters. The number of hydrogen-bond acceptors (Lipinski definition) is 4. The summed E-state index contributed by atoms with van der Waals surface area (Å²) >= 11 is 0. The van der Waals surface area contributed by atoms with Gasteiger partial charge in [0.15, 0.2) is 11.5 Å². The van der Waals surface area contributed by atoms with Gasteiger partial charge < -0.3 is 14.2 Å². The van der Waals surface area contributed by atoms with Crippen LogP contribution in [0.15, 0.2) is 42.5 Å². The Morgan fingerprint density at radius 3 is 2.76 bits per heavy atom. The monoisotopic (exact) mass is 284 g/mol. The van der Waals surface area contributed by atoms with Gasteiger partial charge in [-0.3, -0.25) is 0 Å². The van der Waals surface area contributed by atoms with Crippen molar-refractivity contribution in [3.63, 3.8) is 0 Å². The van der Waals surface area contributed by atoms with Gasteiger partial charge in [0.05, 0.1) is 12.7 Å². The van der Waals surface area contributed by atoms with Crippen LogP contribution in [-0.4, -0.2) is 19.9 Å². The molecule has 0 unspecified atom stereocenters. The molecule has 0 aromatic heterocycles. The molecule has 0 N–H and O–H groups in total. The summed E-state index contributed by atoms with van der Waals surface area (Å²) in [7, 11) is 1.40. The van der Waals surface area contributed by atoms with Crippen LogP contribution in [0.4, 0.5) is 0 Å². The van der Waals surface area contributed by atoms with Gasteiger partial charge in [-0.2, -0.15) is 0 Å². The summed E-state index contributed by atoms with van der Waals surface area (Å²) in [5.74, 6) is 1.28. The van der Waals surface area contributed by atoms with Gasteiger partial charge in [-0.15, -0.1) is 0 Å². The molecule has 0 radical (unpaired) electrons. The van der Waals surface area contributed by atoms with Gasteiger partial charge >= 0.3 is 5.97 Å². The van der Waals surface area contributed by atoms with E-state index in [0.717, 1.165) is 35.5 Å². The highest BCUT2D eigenvalue weighted by molar-refractivity contribution is 5.90. The number of carbonyl (C=O) groups excluding carboxylic acids is 1. The van der Waals surface area contributed by atoms with Gasteiger partial charge in [-0.05, 0) is 42.2 Å². The highest BCUT2D eigenvalue weighted by Gasteiger charge is 2.14. The van der Waals surface area contributed by atoms with Crippen LogP contribution in [0.25, 0.3) is 0 Å². The zero-order valence-electron chi connectivity index (χ0n) is 11.8. The van der Waals surface area contributed by atoms with Crippen LogP contribution >= 0.6 is 0 Å². The summed E-state index contributed by atoms with van der Waals surface area (Å²) < 4.78 is 15.5. The molecular formula is C17H16O4. The molecule has 0 bridgehead atoms. The lowest BCUT2D eigenvalue weighted by molar-refractivity contribution is 0.0599. The highest BCUT2D eigenvalue weighted by Crippen LogP contribution is 2.32. The normalized spacial score (nSPS) is 12.2. The molecule has 1 aliphatic heterocycles. The van der Waals surface area contributed by atoms with E-state index in [-0.39, 0.29) is 12.8 Å². The number of benzene rings is 2. The second-order valence-electron chi connectivity index (χ2n) is 4.84. The average Bonchev–Trinajstić information content (AvgIpc) is 3.00. The lowest BCUT2D eigenvalue weighted by atomic mass is 9.99. The minimum atomic E-state index is -0.295. The molecule has 108 valence electrons. The third-order valence-corrected chi connectivity index (χ3v) is 3.54. The highest BCUT2D eigenvalue weighted by atomic mass is 16.7. The summed E-state index contributed by atoms with van der Waals surface area (Å²) in [5, 5.41) is 0. The summed E-state index contributed by atoms with van der Waals surface area (Å²) in [6.45, 7) is 0.282. The fraction of sp³-hybridized carbons (Fsp3) is 0.235. The molecule has 0 spiro atoms. The standard InChI is InChI=1S/C17H16O4/c1-19-17(18)14-5-3-2-4-13(14)8-6-12-7-9-15-16(10-12)21-11-20-15/h2-5,7,9-10H,6,8,11H2,1H3. The first kappa shape index (κ1) is 13.5. The molecule has 1 heterocycles. The van der Waals surface area contributed by atoms with Crippen LogP contribution < -0.4 is 9.47 Å². The smallest absolute Gasteiger partial charge is 0.338 e. The van der Waals surface area contributed by atoms with Gasteiger partial charge in [0.2, 0.25) is 6.79 Å². The first-order valence-electron chi connectivity index (χ1n) is 6.82. The summed E-state index contributed by atoms with van der Waals surface area (Å²) in [5.41, 5.74) is 2.77. The zero-order valence-corrected chi connectivity index (χ0v) is 11.8. The number of hydrogen-bond donors (Lipinski definition) is 0. The van der Waals surface area contributed by atoms with Crippen molar-refractivity contribution in [2.24, 2.45) is 0 Å². The lowest BCUT2D eigenvalue weighted by Crippen LogP contribution is -2.06. The van der Waals surface area contributed by atoms with E-state index in [0.29, 0.717) is 5.56 Å². The van der Waals surface area contributed by atoms with Crippen LogP contribution in [0.3, 0.4) is 0 Å². The van der Waals surface area contributed by atoms with Gasteiger partial charge in [-0.25, -0.2) is 4.79 Å². The van der Waals surface area contributed by atoms with Crippen molar-refractivity contribution in [3.8, 4) is 11.5 Å². The van der Waals surface area contributed by atoms with E-state index in [4.69, 9.17) is 14.2 Å². The predicted molar refractivity (Wildman–Crippen MR) is 77.8 cm³/mol. The molecule has 0 amide bonds. The number of esters is 1. The van der Waals surface area contributed by atoms with Gasteiger partial charge in [0, 0.05) is 0 Å². The molecule has 0 saturated heterocycles. The SMILES string of the molecule is COC(=O)c1ccccc1CCc1ccc2c(c1)OCO2. The van der Waals surface area contributed by atoms with Crippen molar-refractivity contribution >= 4 is 5.97 Å². The molecule has 0 saturated carbocycles. The van der Waals surface area contributed by atoms with E-state index in [1.807, 2.05) is 36.4 Å². The third-order valence-electron chi connectivity index (χ3n) is 3.54. The molecule has 4 nitrogen and oxygen atoms in total. The molecule has 2 aromatic carbocycles. The molecule has 21 heavy (non-hydrogen) atoms. The Bertz CT molecular complexity index is 664. The molecule has 1 aliphatic rings. The van der Waals surface area contributed by atoms with Gasteiger partial charge in [0.25, 0.3) is 0 Å². The minimum absolute atomic E-state index is 0.282. The van der Waals surface area contributed by atoms with E-state index in [1.165, 1.54) is 7.11 Å². The van der Waals surface area contributed by atoms with Crippen LogP contribution in [0, 0.1) is 0 Å². The molecule has 2 aromatic rings. The Morgan fingerprint density at radius 1 is 1.10 bits per heavy atom. The maximum absolute atomic E-state index is 11.7. The maximum Gasteiger partial charge on any atom is 0.338 e. The van der Waals surface area contributed by atoms with Crippen molar-refractivity contribution < 1.29 is 19.0 Å². The number of ether oxygens (including phenoxy) is 3. The van der Waals surface area contributed by atoms with Gasteiger partial charge in [-0.1, -0.05) is 24.3 Å². The van der Waals surface area contributed by atoms with E-state index < -0.39 is 0 Å². The third kappa shape index (κ3) is 2.84. The second kappa shape index (κ2) is 5.87. The van der Waals surface area contributed by atoms with E-state index in [9.17, 15) is 4.79 Å². The Kier molecular flexibility index (Phi) is 3.77. The number of aryl methyl sites for hydroxylation is 2. The Morgan fingerprint density at radius 2 is 1.90 bits per heavy atom. The first-order chi connectivity index (χ1) is 10.3. The Hall–Kier alpha value is -2.49. The number of carbonyl (C=O) groups is 1. The number of fused-ring (bicyclic) bond motifs is 1. The molecular weight excluding hydrogens is 268 g/mol. The Balaban J connectivity index is 1.75. The lowest BCUT2D eigenvalue weighted by Gasteiger charge is -2.08. The largest absolute Gasteiger partial charge is 0.465 e. The molecule has 0 aliphatic carbocycles. The summed E-state index contributed by atoms with van der Waals surface area (Å²) in [6, 6.07) is 13.5. The predicted octanol–water partition coefficient (Wildman–Crippen LogP) is 2.99. The minimum Gasteiger partial charge on any atom is -0.465 e. The van der Waals surface area contributed by atoms with E-state index in [1.54, 1.807) is 6.07 Å². The molecule has 4 heteroatoms. The van der Waals surface area contributed by atoms with Crippen molar-refractivity contribution in [1.29, 1.82) is 0 Å². The van der Waals surface area contributed by atoms with Crippen molar-refractivity contribution in [2.45, 2.75) is 12.8 Å². The van der Waals surface area contributed by atoms with Crippen molar-refractivity contribution in [1.82, 2.24) is 0 Å². The Labute approximate surface area is 123 Å². The van der Waals surface area contributed by atoms with E-state index in [2.05, 4.69) is 0 Å². The van der Waals surface area contributed by atoms with Crippen molar-refractivity contribution in [2.75, 3.05) is 13.9 Å². The topological polar surface area (TPSA) is 44.8 Å². The van der Waals surface area contributed by atoms with E-state index >= 15 is 0 Å². The summed E-state index contributed by atoms with van der Waals surface area (Å²) in [6.07, 6.45) is 1.59. The van der Waals surface area contributed by atoms with Gasteiger partial charge in [0.1, 0.15) is 0 Å². The number of rotatable bonds is 4.